The van der Waals surface area contributed by atoms with Crippen LogP contribution in [-0.2, 0) is 4.74 Å². The molecule has 1 atom stereocenters. The molecule has 1 amide bonds. The maximum Gasteiger partial charge on any atom is 0.261 e. The number of halogens is 1. The van der Waals surface area contributed by atoms with Crippen molar-refractivity contribution in [3.05, 3.63) is 81.9 Å². The van der Waals surface area contributed by atoms with Gasteiger partial charge in [-0.25, -0.2) is 4.39 Å². The van der Waals surface area contributed by atoms with Gasteiger partial charge in [-0.05, 0) is 54.0 Å². The molecular weight excluding hydrogens is 371 g/mol. The van der Waals surface area contributed by atoms with Crippen LogP contribution in [0.15, 0.2) is 59.4 Å². The molecule has 0 bridgehead atoms. The third-order valence-corrected chi connectivity index (χ3v) is 5.68. The zero-order valence-electron chi connectivity index (χ0n) is 16.2. The number of rotatable bonds is 4. The molecule has 1 fully saturated rings. The fourth-order valence-corrected chi connectivity index (χ4v) is 4.15. The van der Waals surface area contributed by atoms with Crippen LogP contribution in [0, 0.1) is 11.7 Å². The van der Waals surface area contributed by atoms with Crippen LogP contribution in [0.3, 0.4) is 0 Å². The lowest BCUT2D eigenvalue weighted by Gasteiger charge is -2.35. The van der Waals surface area contributed by atoms with Crippen LogP contribution < -0.4 is 5.56 Å². The number of fused-ring (bicyclic) bond motifs is 1. The summed E-state index contributed by atoms with van der Waals surface area (Å²) >= 11 is 0. The van der Waals surface area contributed by atoms with Gasteiger partial charge in [0.2, 0.25) is 0 Å². The van der Waals surface area contributed by atoms with E-state index in [9.17, 15) is 14.0 Å². The topological polar surface area (TPSA) is 62.4 Å². The predicted molar refractivity (Wildman–Crippen MR) is 109 cm³/mol. The van der Waals surface area contributed by atoms with Gasteiger partial charge in [-0.15, -0.1) is 0 Å². The Morgan fingerprint density at radius 3 is 2.55 bits per heavy atom. The normalized spacial score (nSPS) is 16.1. The van der Waals surface area contributed by atoms with E-state index in [-0.39, 0.29) is 17.6 Å². The Hall–Kier alpha value is -2.99. The summed E-state index contributed by atoms with van der Waals surface area (Å²) in [5.41, 5.74) is 1.12. The van der Waals surface area contributed by atoms with Crippen LogP contribution in [-0.4, -0.2) is 36.0 Å². The number of carbonyl (C=O) groups excluding carboxylic acids is 1. The van der Waals surface area contributed by atoms with Gasteiger partial charge < -0.3 is 14.6 Å². The number of likely N-dealkylation sites (tertiary alicyclic amines) is 1. The molecule has 0 saturated carbocycles. The maximum atomic E-state index is 13.4. The molecule has 1 saturated heterocycles. The minimum atomic E-state index is -0.491. The second-order valence-electron chi connectivity index (χ2n) is 7.44. The number of nitrogens with zero attached hydrogens (tertiary/aromatic N) is 1. The first-order valence-electron chi connectivity index (χ1n) is 9.76. The van der Waals surface area contributed by atoms with Crippen molar-refractivity contribution >= 4 is 16.8 Å². The fraction of sp³-hybridized carbons (Fsp3) is 0.304. The van der Waals surface area contributed by atoms with E-state index in [4.69, 9.17) is 4.74 Å². The van der Waals surface area contributed by atoms with Gasteiger partial charge in [0.25, 0.3) is 11.5 Å². The van der Waals surface area contributed by atoms with Gasteiger partial charge in [0, 0.05) is 20.2 Å². The molecule has 3 aromatic rings. The molecule has 5 nitrogen and oxygen atoms in total. The second kappa shape index (κ2) is 8.17. The van der Waals surface area contributed by atoms with Gasteiger partial charge in [0.05, 0.1) is 11.6 Å². The SMILES string of the molecule is COC(c1ccccc1)C1CCN(C(=O)c2cc3ccc(F)cc3[nH]c2=O)CC1. The monoisotopic (exact) mass is 394 g/mol. The quantitative estimate of drug-likeness (QED) is 0.730. The molecule has 1 unspecified atom stereocenters. The van der Waals surface area contributed by atoms with Gasteiger partial charge in [0.1, 0.15) is 11.4 Å². The standard InChI is InChI=1S/C23H23FN2O3/c1-29-21(15-5-3-2-4-6-15)16-9-11-26(12-10-16)23(28)19-13-17-7-8-18(24)14-20(17)25-22(19)27/h2-8,13-14,16,21H,9-12H2,1H3,(H,25,27). The molecule has 150 valence electrons. The third-order valence-electron chi connectivity index (χ3n) is 5.68. The molecule has 1 aromatic heterocycles. The molecule has 29 heavy (non-hydrogen) atoms. The number of ether oxygens (including phenoxy) is 1. The highest BCUT2D eigenvalue weighted by atomic mass is 19.1. The summed E-state index contributed by atoms with van der Waals surface area (Å²) in [4.78, 5) is 29.7. The number of aromatic amines is 1. The Morgan fingerprint density at radius 2 is 1.86 bits per heavy atom. The lowest BCUT2D eigenvalue weighted by molar-refractivity contribution is 0.0194. The fourth-order valence-electron chi connectivity index (χ4n) is 4.15. The van der Waals surface area contributed by atoms with Crippen molar-refractivity contribution < 1.29 is 13.9 Å². The third kappa shape index (κ3) is 3.93. The first-order chi connectivity index (χ1) is 14.1. The van der Waals surface area contributed by atoms with E-state index < -0.39 is 11.4 Å². The molecule has 1 aliphatic heterocycles. The second-order valence-corrected chi connectivity index (χ2v) is 7.44. The molecule has 4 rings (SSSR count). The molecule has 0 aliphatic carbocycles. The Balaban J connectivity index is 1.49. The number of pyridine rings is 1. The number of hydrogen-bond donors (Lipinski definition) is 1. The summed E-state index contributed by atoms with van der Waals surface area (Å²) in [5, 5.41) is 0.632. The smallest absolute Gasteiger partial charge is 0.261 e. The number of benzene rings is 2. The van der Waals surface area contributed by atoms with Crippen LogP contribution in [0.1, 0.15) is 34.9 Å². The largest absolute Gasteiger partial charge is 0.376 e. The van der Waals surface area contributed by atoms with E-state index >= 15 is 0 Å². The summed E-state index contributed by atoms with van der Waals surface area (Å²) in [6.07, 6.45) is 1.60. The average molecular weight is 394 g/mol. The number of hydrogen-bond acceptors (Lipinski definition) is 3. The Morgan fingerprint density at radius 1 is 1.14 bits per heavy atom. The lowest BCUT2D eigenvalue weighted by atomic mass is 9.87. The Bertz CT molecular complexity index is 1070. The number of methoxy groups -OCH3 is 1. The Labute approximate surface area is 168 Å². The Kier molecular flexibility index (Phi) is 5.45. The highest BCUT2D eigenvalue weighted by Gasteiger charge is 2.30. The number of aromatic nitrogens is 1. The molecule has 2 aromatic carbocycles. The van der Waals surface area contributed by atoms with E-state index in [0.29, 0.717) is 29.9 Å². The van der Waals surface area contributed by atoms with Crippen molar-refractivity contribution in [2.24, 2.45) is 5.92 Å². The van der Waals surface area contributed by atoms with E-state index in [1.165, 1.54) is 12.1 Å². The first-order valence-corrected chi connectivity index (χ1v) is 9.76. The number of amides is 1. The van der Waals surface area contributed by atoms with Crippen molar-refractivity contribution in [3.8, 4) is 0 Å². The van der Waals surface area contributed by atoms with Crippen LogP contribution in [0.25, 0.3) is 10.9 Å². The van der Waals surface area contributed by atoms with Gasteiger partial charge in [0.15, 0.2) is 0 Å². The van der Waals surface area contributed by atoms with Crippen molar-refractivity contribution in [1.29, 1.82) is 0 Å². The molecule has 1 aliphatic rings. The van der Waals surface area contributed by atoms with E-state index in [1.54, 1.807) is 24.1 Å². The van der Waals surface area contributed by atoms with Gasteiger partial charge in [-0.3, -0.25) is 9.59 Å². The van der Waals surface area contributed by atoms with Gasteiger partial charge in [-0.1, -0.05) is 30.3 Å². The van der Waals surface area contributed by atoms with Crippen molar-refractivity contribution in [2.45, 2.75) is 18.9 Å². The van der Waals surface area contributed by atoms with Crippen LogP contribution in [0.4, 0.5) is 4.39 Å². The predicted octanol–water partition coefficient (Wildman–Crippen LogP) is 3.91. The molecule has 1 N–H and O–H groups in total. The van der Waals surface area contributed by atoms with E-state index in [0.717, 1.165) is 18.4 Å². The lowest BCUT2D eigenvalue weighted by Crippen LogP contribution is -2.41. The van der Waals surface area contributed by atoms with Crippen LogP contribution >= 0.6 is 0 Å². The van der Waals surface area contributed by atoms with Gasteiger partial charge in [-0.2, -0.15) is 0 Å². The number of H-pyrrole nitrogens is 1. The van der Waals surface area contributed by atoms with Crippen LogP contribution in [0.2, 0.25) is 0 Å². The first kappa shape index (κ1) is 19.3. The van der Waals surface area contributed by atoms with Crippen molar-refractivity contribution in [2.75, 3.05) is 20.2 Å². The van der Waals surface area contributed by atoms with Crippen LogP contribution in [0.5, 0.6) is 0 Å². The summed E-state index contributed by atoms with van der Waals surface area (Å²) in [7, 11) is 1.71. The molecule has 0 spiro atoms. The summed E-state index contributed by atoms with van der Waals surface area (Å²) in [6, 6.07) is 15.8. The number of carbonyl (C=O) groups is 1. The molecule has 6 heteroatoms. The maximum absolute atomic E-state index is 13.4. The van der Waals surface area contributed by atoms with E-state index in [2.05, 4.69) is 17.1 Å². The summed E-state index contributed by atoms with van der Waals surface area (Å²) in [5.74, 6) is -0.408. The average Bonchev–Trinajstić information content (AvgIpc) is 2.74. The zero-order chi connectivity index (χ0) is 20.4. The number of piperidine rings is 1. The summed E-state index contributed by atoms with van der Waals surface area (Å²) < 4.78 is 19.1. The minimum absolute atomic E-state index is 0.00702. The number of nitrogens with one attached hydrogen (secondary N) is 1. The van der Waals surface area contributed by atoms with Crippen molar-refractivity contribution in [3.63, 3.8) is 0 Å². The zero-order valence-corrected chi connectivity index (χ0v) is 16.2. The highest BCUT2D eigenvalue weighted by molar-refractivity contribution is 5.97. The highest BCUT2D eigenvalue weighted by Crippen LogP contribution is 2.33. The molecule has 0 radical (unpaired) electrons. The summed E-state index contributed by atoms with van der Waals surface area (Å²) in [6.45, 7) is 1.13. The van der Waals surface area contributed by atoms with E-state index in [1.807, 2.05) is 18.2 Å². The molecule has 2 heterocycles. The van der Waals surface area contributed by atoms with Gasteiger partial charge >= 0.3 is 0 Å². The minimum Gasteiger partial charge on any atom is -0.376 e. The molecular formula is C23H23FN2O3. The van der Waals surface area contributed by atoms with Crippen molar-refractivity contribution in [1.82, 2.24) is 9.88 Å².